The van der Waals surface area contributed by atoms with Gasteiger partial charge in [-0.3, -0.25) is 4.90 Å². The zero-order valence-corrected chi connectivity index (χ0v) is 14.8. The fourth-order valence-electron chi connectivity index (χ4n) is 3.82. The van der Waals surface area contributed by atoms with E-state index < -0.39 is 0 Å². The average molecular weight is 332 g/mol. The Morgan fingerprint density at radius 2 is 1.65 bits per heavy atom. The maximum Gasteiger partial charge on any atom is 0.166 e. The lowest BCUT2D eigenvalue weighted by atomic mass is 9.96. The number of thiocarbonyl (C=S) groups is 1. The van der Waals surface area contributed by atoms with Gasteiger partial charge in [-0.25, -0.2) is 0 Å². The van der Waals surface area contributed by atoms with E-state index >= 15 is 0 Å². The lowest BCUT2D eigenvalue weighted by molar-refractivity contribution is 0.193. The van der Waals surface area contributed by atoms with Gasteiger partial charge in [0.05, 0.1) is 0 Å². The topological polar surface area (TPSA) is 27.3 Å². The van der Waals surface area contributed by atoms with Gasteiger partial charge in [0, 0.05) is 25.2 Å². The molecule has 0 bridgehead atoms. The van der Waals surface area contributed by atoms with Crippen LogP contribution in [0.25, 0.3) is 0 Å². The third kappa shape index (κ3) is 5.47. The zero-order valence-electron chi connectivity index (χ0n) is 14.0. The molecule has 0 spiro atoms. The molecule has 1 aliphatic heterocycles. The van der Waals surface area contributed by atoms with Crippen molar-refractivity contribution in [2.75, 3.05) is 13.1 Å². The van der Waals surface area contributed by atoms with Crippen LogP contribution in [-0.2, 0) is 6.54 Å². The number of piperidine rings is 1. The van der Waals surface area contributed by atoms with Crippen molar-refractivity contribution in [1.82, 2.24) is 15.5 Å². The summed E-state index contributed by atoms with van der Waals surface area (Å²) < 4.78 is 0. The molecule has 0 amide bonds. The van der Waals surface area contributed by atoms with Gasteiger partial charge in [-0.05, 0) is 50.0 Å². The first-order valence-electron chi connectivity index (χ1n) is 9.13. The van der Waals surface area contributed by atoms with Crippen LogP contribution in [0.15, 0.2) is 30.3 Å². The van der Waals surface area contributed by atoms with Crippen LogP contribution in [0.4, 0.5) is 0 Å². The number of hydrogen-bond acceptors (Lipinski definition) is 2. The molecule has 1 unspecified atom stereocenters. The Bertz CT molecular complexity index is 485. The summed E-state index contributed by atoms with van der Waals surface area (Å²) in [7, 11) is 0. The Morgan fingerprint density at radius 3 is 2.43 bits per heavy atom. The van der Waals surface area contributed by atoms with Crippen LogP contribution >= 0.6 is 12.2 Å². The Kier molecular flexibility index (Phi) is 6.29. The van der Waals surface area contributed by atoms with Gasteiger partial charge in [0.2, 0.25) is 0 Å². The predicted molar refractivity (Wildman–Crippen MR) is 100 cm³/mol. The molecule has 4 heteroatoms. The predicted octanol–water partition coefficient (Wildman–Crippen LogP) is 3.45. The second kappa shape index (κ2) is 8.65. The average Bonchev–Trinajstić information content (AvgIpc) is 2.57. The smallest absolute Gasteiger partial charge is 0.166 e. The largest absolute Gasteiger partial charge is 0.360 e. The molecule has 1 aliphatic carbocycles. The molecule has 3 rings (SSSR count). The van der Waals surface area contributed by atoms with Crippen LogP contribution in [0.3, 0.4) is 0 Å². The summed E-state index contributed by atoms with van der Waals surface area (Å²) in [6.45, 7) is 3.32. The Morgan fingerprint density at radius 1 is 0.957 bits per heavy atom. The van der Waals surface area contributed by atoms with E-state index in [9.17, 15) is 0 Å². The fraction of sp³-hybridized carbons (Fsp3) is 0.632. The van der Waals surface area contributed by atoms with Gasteiger partial charge in [-0.15, -0.1) is 0 Å². The van der Waals surface area contributed by atoms with E-state index in [-0.39, 0.29) is 0 Å². The number of likely N-dealkylation sites (tertiary alicyclic amines) is 1. The van der Waals surface area contributed by atoms with Crippen LogP contribution in [0, 0.1) is 0 Å². The number of nitrogens with one attached hydrogen (secondary N) is 2. The lowest BCUT2D eigenvalue weighted by Crippen LogP contribution is -2.52. The first-order valence-corrected chi connectivity index (χ1v) is 9.54. The fourth-order valence-corrected chi connectivity index (χ4v) is 4.15. The van der Waals surface area contributed by atoms with Gasteiger partial charge in [0.25, 0.3) is 0 Å². The van der Waals surface area contributed by atoms with Crippen LogP contribution in [0.2, 0.25) is 0 Å². The number of nitrogens with zero attached hydrogens (tertiary/aromatic N) is 1. The quantitative estimate of drug-likeness (QED) is 0.827. The summed E-state index contributed by atoms with van der Waals surface area (Å²) in [5, 5.41) is 7.96. The van der Waals surface area contributed by atoms with Crippen molar-refractivity contribution in [3.8, 4) is 0 Å². The van der Waals surface area contributed by atoms with Gasteiger partial charge in [-0.1, -0.05) is 49.6 Å². The van der Waals surface area contributed by atoms with Crippen molar-refractivity contribution in [2.45, 2.75) is 63.6 Å². The standard InChI is InChI=1S/C19H29N3S/c23-19(20-17-10-5-2-6-11-17)21-18-12-7-13-22(15-18)14-16-8-3-1-4-9-16/h1,3-4,8-9,17-18H,2,5-7,10-15H2,(H2,20,21,23). The van der Waals surface area contributed by atoms with Gasteiger partial charge in [-0.2, -0.15) is 0 Å². The first kappa shape index (κ1) is 16.7. The minimum Gasteiger partial charge on any atom is -0.360 e. The molecule has 1 atom stereocenters. The summed E-state index contributed by atoms with van der Waals surface area (Å²) in [6, 6.07) is 11.8. The highest BCUT2D eigenvalue weighted by molar-refractivity contribution is 7.80. The van der Waals surface area contributed by atoms with E-state index in [1.165, 1.54) is 57.1 Å². The second-order valence-corrected chi connectivity index (χ2v) is 7.42. The summed E-state index contributed by atoms with van der Waals surface area (Å²) in [6.07, 6.45) is 9.08. The molecule has 23 heavy (non-hydrogen) atoms. The van der Waals surface area contributed by atoms with Crippen molar-refractivity contribution in [3.05, 3.63) is 35.9 Å². The van der Waals surface area contributed by atoms with Gasteiger partial charge in [0.1, 0.15) is 0 Å². The van der Waals surface area contributed by atoms with Gasteiger partial charge in [0.15, 0.2) is 5.11 Å². The molecule has 1 heterocycles. The normalized spacial score (nSPS) is 23.4. The third-order valence-electron chi connectivity index (χ3n) is 5.03. The monoisotopic (exact) mass is 331 g/mol. The summed E-state index contributed by atoms with van der Waals surface area (Å²) in [5.41, 5.74) is 1.40. The SMILES string of the molecule is S=C(NC1CCCCC1)NC1CCCN(Cc2ccccc2)C1. The molecular formula is C19H29N3S. The molecule has 1 aromatic rings. The molecule has 1 saturated heterocycles. The number of hydrogen-bond donors (Lipinski definition) is 2. The van der Waals surface area contributed by atoms with Crippen LogP contribution in [0.5, 0.6) is 0 Å². The number of rotatable bonds is 4. The summed E-state index contributed by atoms with van der Waals surface area (Å²) >= 11 is 5.54. The van der Waals surface area contributed by atoms with Crippen LogP contribution < -0.4 is 10.6 Å². The highest BCUT2D eigenvalue weighted by Gasteiger charge is 2.21. The van der Waals surface area contributed by atoms with Gasteiger partial charge >= 0.3 is 0 Å². The Balaban J connectivity index is 1.43. The molecular weight excluding hydrogens is 302 g/mol. The molecule has 0 radical (unpaired) electrons. The lowest BCUT2D eigenvalue weighted by Gasteiger charge is -2.34. The zero-order chi connectivity index (χ0) is 15.9. The molecule has 126 valence electrons. The van der Waals surface area contributed by atoms with Gasteiger partial charge < -0.3 is 10.6 Å². The van der Waals surface area contributed by atoms with Crippen molar-refractivity contribution < 1.29 is 0 Å². The molecule has 1 aromatic carbocycles. The molecule has 2 N–H and O–H groups in total. The van der Waals surface area contributed by atoms with E-state index in [1.807, 2.05) is 0 Å². The van der Waals surface area contributed by atoms with E-state index in [0.717, 1.165) is 18.2 Å². The van der Waals surface area contributed by atoms with Crippen molar-refractivity contribution in [3.63, 3.8) is 0 Å². The minimum absolute atomic E-state index is 0.482. The molecule has 2 aliphatic rings. The molecule has 3 nitrogen and oxygen atoms in total. The van der Waals surface area contributed by atoms with Crippen LogP contribution in [-0.4, -0.2) is 35.2 Å². The summed E-state index contributed by atoms with van der Waals surface area (Å²) in [4.78, 5) is 2.54. The van der Waals surface area contributed by atoms with Crippen molar-refractivity contribution in [2.24, 2.45) is 0 Å². The number of benzene rings is 1. The highest BCUT2D eigenvalue weighted by atomic mass is 32.1. The third-order valence-corrected chi connectivity index (χ3v) is 5.27. The summed E-state index contributed by atoms with van der Waals surface area (Å²) in [5.74, 6) is 0. The van der Waals surface area contributed by atoms with Crippen LogP contribution in [0.1, 0.15) is 50.5 Å². The molecule has 1 saturated carbocycles. The first-order chi connectivity index (χ1) is 11.3. The Labute approximate surface area is 145 Å². The second-order valence-electron chi connectivity index (χ2n) is 7.01. The molecule has 0 aromatic heterocycles. The van der Waals surface area contributed by atoms with Crippen molar-refractivity contribution in [1.29, 1.82) is 0 Å². The van der Waals surface area contributed by atoms with Crippen molar-refractivity contribution >= 4 is 17.3 Å². The maximum absolute atomic E-state index is 5.54. The Hall–Kier alpha value is -1.13. The van der Waals surface area contributed by atoms with E-state index in [1.54, 1.807) is 0 Å². The maximum atomic E-state index is 5.54. The highest BCUT2D eigenvalue weighted by Crippen LogP contribution is 2.18. The van der Waals surface area contributed by atoms with E-state index in [2.05, 4.69) is 45.9 Å². The minimum atomic E-state index is 0.482. The van der Waals surface area contributed by atoms with E-state index in [4.69, 9.17) is 12.2 Å². The van der Waals surface area contributed by atoms with E-state index in [0.29, 0.717) is 12.1 Å². The molecule has 2 fully saturated rings.